The van der Waals surface area contributed by atoms with Gasteiger partial charge in [0.05, 0.1) is 21.7 Å². The van der Waals surface area contributed by atoms with Crippen molar-refractivity contribution in [3.63, 3.8) is 0 Å². The largest absolute Gasteiger partial charge is 0.507 e. The monoisotopic (exact) mass is 745 g/mol. The Bertz CT molecular complexity index is 2390. The topological polar surface area (TPSA) is 339 Å². The summed E-state index contributed by atoms with van der Waals surface area (Å²) >= 11 is 11.4. The number of nitrogens with one attached hydrogen (secondary N) is 1. The standard InChI is InChI=1S/C19H13Cl2N7O13S4/c20-17-24-18(21)26-19(25-17)23-8-4-9(12(44(36,37)38)5-11(8)43(33,34)35)27-28-16-14-6(2-13(15(16)22)45(39,40)41)1-7(3-10(14)29)42(30,31)32/h1-5,29H,22H2,(H,30,31,32)(H,33,34,35)(H,36,37,38)(H,39,40,41)(H,23,24,25,26). The Morgan fingerprint density at radius 2 is 1.24 bits per heavy atom. The van der Waals surface area contributed by atoms with Crippen LogP contribution in [0, 0.1) is 0 Å². The van der Waals surface area contributed by atoms with E-state index in [9.17, 15) is 57.0 Å². The number of benzene rings is 3. The number of hydrogen-bond donors (Lipinski definition) is 7. The normalized spacial score (nSPS) is 13.0. The van der Waals surface area contributed by atoms with Gasteiger partial charge in [-0.25, -0.2) is 0 Å². The second-order valence-electron chi connectivity index (χ2n) is 8.42. The van der Waals surface area contributed by atoms with Crippen LogP contribution >= 0.6 is 23.2 Å². The number of fused-ring (bicyclic) bond motifs is 1. The van der Waals surface area contributed by atoms with Gasteiger partial charge in [0.1, 0.15) is 31.8 Å². The lowest BCUT2D eigenvalue weighted by atomic mass is 10.1. The Kier molecular flexibility index (Phi) is 8.70. The molecule has 1 heterocycles. The Labute approximate surface area is 261 Å². The summed E-state index contributed by atoms with van der Waals surface area (Å²) in [5.41, 5.74) is 2.45. The first-order chi connectivity index (χ1) is 20.5. The number of phenolic OH excluding ortho intramolecular Hbond substituents is 1. The molecule has 8 N–H and O–H groups in total. The number of aromatic nitrogens is 3. The smallest absolute Gasteiger partial charge is 0.296 e. The van der Waals surface area contributed by atoms with Crippen LogP contribution in [-0.4, -0.2) is 71.9 Å². The number of aromatic hydroxyl groups is 1. The van der Waals surface area contributed by atoms with Crippen molar-refractivity contribution in [3.8, 4) is 5.75 Å². The van der Waals surface area contributed by atoms with Crippen LogP contribution in [0.4, 0.5) is 28.7 Å². The van der Waals surface area contributed by atoms with E-state index in [0.717, 1.165) is 0 Å². The molecule has 45 heavy (non-hydrogen) atoms. The van der Waals surface area contributed by atoms with Crippen molar-refractivity contribution < 1.29 is 57.0 Å². The number of hydrogen-bond acceptors (Lipinski definition) is 16. The van der Waals surface area contributed by atoms with Crippen molar-refractivity contribution in [1.29, 1.82) is 0 Å². The molecule has 0 saturated heterocycles. The molecule has 26 heteroatoms. The highest BCUT2D eigenvalue weighted by molar-refractivity contribution is 7.87. The predicted molar refractivity (Wildman–Crippen MR) is 153 cm³/mol. The molecular weight excluding hydrogens is 733 g/mol. The van der Waals surface area contributed by atoms with Crippen molar-refractivity contribution in [2.45, 2.75) is 19.6 Å². The van der Waals surface area contributed by atoms with E-state index in [2.05, 4.69) is 30.5 Å². The minimum Gasteiger partial charge on any atom is -0.507 e. The fourth-order valence-electron chi connectivity index (χ4n) is 3.68. The highest BCUT2D eigenvalue weighted by atomic mass is 35.5. The number of nitrogen functional groups attached to an aromatic ring is 1. The first-order valence-electron chi connectivity index (χ1n) is 10.9. The van der Waals surface area contributed by atoms with Gasteiger partial charge in [0.15, 0.2) is 0 Å². The molecule has 0 spiro atoms. The van der Waals surface area contributed by atoms with Gasteiger partial charge in [-0.3, -0.25) is 18.2 Å². The minimum absolute atomic E-state index is 0.234. The van der Waals surface area contributed by atoms with Crippen molar-refractivity contribution in [2.75, 3.05) is 11.1 Å². The van der Waals surface area contributed by atoms with Crippen LogP contribution < -0.4 is 11.1 Å². The van der Waals surface area contributed by atoms with Gasteiger partial charge in [-0.2, -0.15) is 48.6 Å². The summed E-state index contributed by atoms with van der Waals surface area (Å²) in [6, 6.07) is 2.60. The molecule has 0 fully saturated rings. The Hall–Kier alpha value is -3.85. The molecule has 0 aliphatic rings. The Balaban J connectivity index is 2.07. The molecule has 0 atom stereocenters. The fourth-order valence-corrected chi connectivity index (χ4v) is 6.59. The number of anilines is 3. The maximum Gasteiger partial charge on any atom is 0.296 e. The zero-order valence-corrected chi connectivity index (χ0v) is 25.9. The van der Waals surface area contributed by atoms with Gasteiger partial charge in [0, 0.05) is 6.07 Å². The lowest BCUT2D eigenvalue weighted by molar-refractivity contribution is 0.471. The average Bonchev–Trinajstić information content (AvgIpc) is 2.84. The van der Waals surface area contributed by atoms with Crippen LogP contribution in [0.25, 0.3) is 10.8 Å². The van der Waals surface area contributed by atoms with E-state index in [1.165, 1.54) is 0 Å². The SMILES string of the molecule is Nc1c(S(=O)(=O)O)cc2cc(S(=O)(=O)O)cc(O)c2c1N=Nc1cc(Nc2nc(Cl)nc(Cl)n2)c(S(=O)(=O)O)cc1S(=O)(=O)O. The Morgan fingerprint density at radius 3 is 1.76 bits per heavy atom. The van der Waals surface area contributed by atoms with Crippen molar-refractivity contribution in [3.05, 3.63) is 40.9 Å². The quantitative estimate of drug-likeness (QED) is 0.0774. The number of nitrogens with two attached hydrogens (primary N) is 1. The summed E-state index contributed by atoms with van der Waals surface area (Å²) in [6.07, 6.45) is 0. The predicted octanol–water partition coefficient (Wildman–Crippen LogP) is 2.77. The minimum atomic E-state index is -5.39. The van der Waals surface area contributed by atoms with Crippen molar-refractivity contribution in [2.24, 2.45) is 10.2 Å². The third kappa shape index (κ3) is 7.35. The summed E-state index contributed by atoms with van der Waals surface area (Å²) in [4.78, 5) is 6.21. The molecule has 20 nitrogen and oxygen atoms in total. The summed E-state index contributed by atoms with van der Waals surface area (Å²) < 4.78 is 134. The molecule has 240 valence electrons. The molecule has 0 aliphatic carbocycles. The van der Waals surface area contributed by atoms with Gasteiger partial charge in [0.2, 0.25) is 16.5 Å². The van der Waals surface area contributed by atoms with Gasteiger partial charge < -0.3 is 16.2 Å². The maximum absolute atomic E-state index is 12.2. The van der Waals surface area contributed by atoms with Crippen LogP contribution in [0.3, 0.4) is 0 Å². The molecule has 4 rings (SSSR count). The van der Waals surface area contributed by atoms with Gasteiger partial charge in [-0.1, -0.05) is 0 Å². The number of phenols is 1. The molecule has 4 aromatic rings. The van der Waals surface area contributed by atoms with E-state index in [-0.39, 0.29) is 6.07 Å². The van der Waals surface area contributed by atoms with E-state index in [1.54, 1.807) is 0 Å². The van der Waals surface area contributed by atoms with Crippen molar-refractivity contribution in [1.82, 2.24) is 15.0 Å². The summed E-state index contributed by atoms with van der Waals surface area (Å²) in [6.45, 7) is 0. The van der Waals surface area contributed by atoms with E-state index >= 15 is 0 Å². The first kappa shape index (κ1) is 34.0. The van der Waals surface area contributed by atoms with Gasteiger partial charge >= 0.3 is 0 Å². The molecular formula is C19H13Cl2N7O13S4. The molecule has 1 aromatic heterocycles. The maximum atomic E-state index is 12.2. The highest BCUT2D eigenvalue weighted by Gasteiger charge is 2.27. The molecule has 3 aromatic carbocycles. The highest BCUT2D eigenvalue weighted by Crippen LogP contribution is 2.44. The van der Waals surface area contributed by atoms with E-state index in [1.807, 2.05) is 0 Å². The Morgan fingerprint density at radius 1 is 0.689 bits per heavy atom. The molecule has 0 bridgehead atoms. The molecule has 0 amide bonds. The van der Waals surface area contributed by atoms with Crippen LogP contribution in [0.5, 0.6) is 5.75 Å². The first-order valence-corrected chi connectivity index (χ1v) is 17.4. The zero-order valence-electron chi connectivity index (χ0n) is 21.1. The third-order valence-corrected chi connectivity index (χ3v) is 9.28. The number of halogens is 2. The molecule has 0 unspecified atom stereocenters. The number of rotatable bonds is 8. The zero-order chi connectivity index (χ0) is 33.9. The van der Waals surface area contributed by atoms with Crippen LogP contribution in [0.15, 0.2) is 60.1 Å². The van der Waals surface area contributed by atoms with Crippen LogP contribution in [0.1, 0.15) is 0 Å². The molecule has 0 aliphatic heterocycles. The van der Waals surface area contributed by atoms with Crippen LogP contribution in [-0.2, 0) is 40.5 Å². The summed E-state index contributed by atoms with van der Waals surface area (Å²) in [7, 11) is -20.8. The van der Waals surface area contributed by atoms with E-state index in [4.69, 9.17) is 28.9 Å². The fraction of sp³-hybridized carbons (Fsp3) is 0. The average molecular weight is 747 g/mol. The van der Waals surface area contributed by atoms with Crippen molar-refractivity contribution >= 4 is 103 Å². The number of azo groups is 1. The van der Waals surface area contributed by atoms with Gasteiger partial charge in [-0.05, 0) is 52.9 Å². The van der Waals surface area contributed by atoms with Gasteiger partial charge in [0.25, 0.3) is 40.5 Å². The number of nitrogens with zero attached hydrogens (tertiary/aromatic N) is 5. The van der Waals surface area contributed by atoms with E-state index in [0.29, 0.717) is 24.3 Å². The third-order valence-electron chi connectivity index (χ3n) is 5.44. The lowest BCUT2D eigenvalue weighted by Gasteiger charge is -2.13. The summed E-state index contributed by atoms with van der Waals surface area (Å²) in [5.74, 6) is -1.52. The van der Waals surface area contributed by atoms with E-state index < -0.39 is 116 Å². The van der Waals surface area contributed by atoms with Crippen LogP contribution in [0.2, 0.25) is 10.6 Å². The second kappa shape index (κ2) is 11.5. The summed E-state index contributed by atoms with van der Waals surface area (Å²) in [5, 5.41) is 18.0. The molecule has 0 saturated carbocycles. The lowest BCUT2D eigenvalue weighted by Crippen LogP contribution is -2.08. The second-order valence-corrected chi connectivity index (χ2v) is 14.7. The van der Waals surface area contributed by atoms with Gasteiger partial charge in [-0.15, -0.1) is 10.2 Å². The molecule has 0 radical (unpaired) electrons.